The SMILES string of the molecule is CC(C)=C/C=C(/Cl)CCN=C(C)C. The Balaban J connectivity index is 3.88. The molecule has 0 N–H and O–H groups in total. The van der Waals surface area contributed by atoms with Crippen LogP contribution in [0.5, 0.6) is 0 Å². The maximum Gasteiger partial charge on any atom is 0.0437 e. The molecule has 0 fully saturated rings. The third kappa shape index (κ3) is 9.35. The minimum absolute atomic E-state index is 0.786. The first-order valence-corrected chi connectivity index (χ1v) is 4.87. The van der Waals surface area contributed by atoms with E-state index in [0.717, 1.165) is 23.7 Å². The number of hydrogen-bond donors (Lipinski definition) is 0. The molecule has 0 spiro atoms. The largest absolute Gasteiger partial charge is 0.294 e. The second-order valence-corrected chi connectivity index (χ2v) is 3.92. The molecule has 0 atom stereocenters. The Kier molecular flexibility index (Phi) is 6.61. The summed E-state index contributed by atoms with van der Waals surface area (Å²) in [4.78, 5) is 4.26. The van der Waals surface area contributed by atoms with Gasteiger partial charge in [-0.3, -0.25) is 4.99 Å². The normalized spacial score (nSPS) is 11.0. The van der Waals surface area contributed by atoms with Gasteiger partial charge in [-0.05, 0) is 33.8 Å². The van der Waals surface area contributed by atoms with Crippen LogP contribution in [0.15, 0.2) is 27.7 Å². The van der Waals surface area contributed by atoms with Crippen molar-refractivity contribution in [3.8, 4) is 0 Å². The van der Waals surface area contributed by atoms with Crippen LogP contribution in [-0.2, 0) is 0 Å². The molecule has 0 bridgehead atoms. The maximum atomic E-state index is 5.96. The Morgan fingerprint density at radius 2 is 1.77 bits per heavy atom. The molecule has 0 radical (unpaired) electrons. The van der Waals surface area contributed by atoms with Gasteiger partial charge < -0.3 is 0 Å². The maximum absolute atomic E-state index is 5.96. The summed E-state index contributed by atoms with van der Waals surface area (Å²) >= 11 is 5.96. The number of halogens is 1. The van der Waals surface area contributed by atoms with Gasteiger partial charge in [-0.1, -0.05) is 23.3 Å². The summed E-state index contributed by atoms with van der Waals surface area (Å²) in [5.74, 6) is 0. The van der Waals surface area contributed by atoms with Crippen molar-refractivity contribution in [1.29, 1.82) is 0 Å². The van der Waals surface area contributed by atoms with Gasteiger partial charge in [0.25, 0.3) is 0 Å². The fraction of sp³-hybridized carbons (Fsp3) is 0.545. The fourth-order valence-electron chi connectivity index (χ4n) is 0.727. The Morgan fingerprint density at radius 3 is 2.23 bits per heavy atom. The van der Waals surface area contributed by atoms with Crippen molar-refractivity contribution in [3.05, 3.63) is 22.8 Å². The lowest BCUT2D eigenvalue weighted by molar-refractivity contribution is 0.989. The Hall–Kier alpha value is -0.560. The number of hydrogen-bond acceptors (Lipinski definition) is 1. The van der Waals surface area contributed by atoms with Crippen LogP contribution < -0.4 is 0 Å². The van der Waals surface area contributed by atoms with E-state index < -0.39 is 0 Å². The van der Waals surface area contributed by atoms with Gasteiger partial charge in [-0.2, -0.15) is 0 Å². The van der Waals surface area contributed by atoms with Crippen molar-refractivity contribution in [3.63, 3.8) is 0 Å². The van der Waals surface area contributed by atoms with E-state index in [0.29, 0.717) is 0 Å². The molecular weight excluding hydrogens is 182 g/mol. The minimum Gasteiger partial charge on any atom is -0.294 e. The molecule has 0 amide bonds. The van der Waals surface area contributed by atoms with E-state index >= 15 is 0 Å². The van der Waals surface area contributed by atoms with Gasteiger partial charge in [0.2, 0.25) is 0 Å². The van der Waals surface area contributed by atoms with E-state index in [1.807, 2.05) is 26.0 Å². The van der Waals surface area contributed by atoms with Gasteiger partial charge in [-0.15, -0.1) is 0 Å². The topological polar surface area (TPSA) is 12.4 Å². The average molecular weight is 200 g/mol. The highest BCUT2D eigenvalue weighted by atomic mass is 35.5. The second-order valence-electron chi connectivity index (χ2n) is 3.44. The standard InChI is InChI=1S/C11H18ClN/c1-9(2)5-6-11(12)7-8-13-10(3)4/h5-6H,7-8H2,1-4H3/b11-6+. The number of allylic oxidation sites excluding steroid dienone is 3. The van der Waals surface area contributed by atoms with Crippen LogP contribution >= 0.6 is 11.6 Å². The monoisotopic (exact) mass is 199 g/mol. The molecule has 0 unspecified atom stereocenters. The van der Waals surface area contributed by atoms with Gasteiger partial charge in [0.15, 0.2) is 0 Å². The van der Waals surface area contributed by atoms with Gasteiger partial charge in [-0.25, -0.2) is 0 Å². The van der Waals surface area contributed by atoms with E-state index in [2.05, 4.69) is 18.8 Å². The van der Waals surface area contributed by atoms with E-state index in [4.69, 9.17) is 11.6 Å². The zero-order chi connectivity index (χ0) is 10.3. The molecule has 0 aromatic rings. The van der Waals surface area contributed by atoms with Crippen LogP contribution in [-0.4, -0.2) is 12.3 Å². The molecule has 0 aromatic heterocycles. The first kappa shape index (κ1) is 12.4. The van der Waals surface area contributed by atoms with Crippen molar-refractivity contribution >= 4 is 17.3 Å². The highest BCUT2D eigenvalue weighted by Gasteiger charge is 1.89. The van der Waals surface area contributed by atoms with Crippen molar-refractivity contribution in [1.82, 2.24) is 0 Å². The van der Waals surface area contributed by atoms with Crippen molar-refractivity contribution in [2.75, 3.05) is 6.54 Å². The Bertz CT molecular complexity index is 228. The van der Waals surface area contributed by atoms with Crippen LogP contribution in [0.1, 0.15) is 34.1 Å². The van der Waals surface area contributed by atoms with E-state index in [1.54, 1.807) is 0 Å². The summed E-state index contributed by atoms with van der Waals surface area (Å²) in [5.41, 5.74) is 2.36. The van der Waals surface area contributed by atoms with Crippen LogP contribution in [0.3, 0.4) is 0 Å². The zero-order valence-corrected chi connectivity index (χ0v) is 9.65. The second kappa shape index (κ2) is 6.90. The van der Waals surface area contributed by atoms with Crippen LogP contribution in [0.25, 0.3) is 0 Å². The zero-order valence-electron chi connectivity index (χ0n) is 8.89. The first-order chi connectivity index (χ1) is 6.02. The molecule has 0 aliphatic carbocycles. The summed E-state index contributed by atoms with van der Waals surface area (Å²) in [6.07, 6.45) is 4.79. The molecule has 0 rings (SSSR count). The number of rotatable bonds is 4. The molecule has 2 heteroatoms. The third-order valence-corrected chi connectivity index (χ3v) is 1.69. The summed E-state index contributed by atoms with van der Waals surface area (Å²) in [6.45, 7) is 8.87. The summed E-state index contributed by atoms with van der Waals surface area (Å²) in [5, 5.41) is 0.867. The van der Waals surface area contributed by atoms with E-state index in [-0.39, 0.29) is 0 Å². The highest BCUT2D eigenvalue weighted by Crippen LogP contribution is 2.08. The van der Waals surface area contributed by atoms with Gasteiger partial charge in [0, 0.05) is 23.7 Å². The highest BCUT2D eigenvalue weighted by molar-refractivity contribution is 6.29. The van der Waals surface area contributed by atoms with Crippen molar-refractivity contribution in [2.24, 2.45) is 4.99 Å². The lowest BCUT2D eigenvalue weighted by atomic mass is 10.3. The van der Waals surface area contributed by atoms with Gasteiger partial charge >= 0.3 is 0 Å². The van der Waals surface area contributed by atoms with Crippen molar-refractivity contribution < 1.29 is 0 Å². The number of aliphatic imine (C=N–C) groups is 1. The lowest BCUT2D eigenvalue weighted by Crippen LogP contribution is -1.86. The number of nitrogens with zero attached hydrogens (tertiary/aromatic N) is 1. The summed E-state index contributed by atoms with van der Waals surface area (Å²) in [6, 6.07) is 0. The molecule has 0 aliphatic rings. The van der Waals surface area contributed by atoms with Gasteiger partial charge in [0.05, 0.1) is 0 Å². The molecule has 0 heterocycles. The van der Waals surface area contributed by atoms with Crippen LogP contribution in [0.4, 0.5) is 0 Å². The van der Waals surface area contributed by atoms with Crippen molar-refractivity contribution in [2.45, 2.75) is 34.1 Å². The lowest BCUT2D eigenvalue weighted by Gasteiger charge is -1.94. The molecule has 0 aliphatic heterocycles. The van der Waals surface area contributed by atoms with E-state index in [1.165, 1.54) is 5.57 Å². The summed E-state index contributed by atoms with van der Waals surface area (Å²) < 4.78 is 0. The van der Waals surface area contributed by atoms with Crippen LogP contribution in [0, 0.1) is 0 Å². The predicted octanol–water partition coefficient (Wildman–Crippen LogP) is 3.95. The summed E-state index contributed by atoms with van der Waals surface area (Å²) in [7, 11) is 0. The van der Waals surface area contributed by atoms with Crippen LogP contribution in [0.2, 0.25) is 0 Å². The molecule has 74 valence electrons. The molecule has 13 heavy (non-hydrogen) atoms. The third-order valence-electron chi connectivity index (χ3n) is 1.38. The molecule has 0 saturated carbocycles. The Morgan fingerprint density at radius 1 is 1.15 bits per heavy atom. The molecule has 1 nitrogen and oxygen atoms in total. The molecule has 0 saturated heterocycles. The predicted molar refractivity (Wildman–Crippen MR) is 61.6 cm³/mol. The fourth-order valence-corrected chi connectivity index (χ4v) is 0.874. The quantitative estimate of drug-likeness (QED) is 0.480. The minimum atomic E-state index is 0.786. The van der Waals surface area contributed by atoms with Gasteiger partial charge in [0.1, 0.15) is 0 Å². The average Bonchev–Trinajstić information content (AvgIpc) is 2.00. The van der Waals surface area contributed by atoms with E-state index in [9.17, 15) is 0 Å². The smallest absolute Gasteiger partial charge is 0.0437 e. The Labute approximate surface area is 86.2 Å². The molecular formula is C11H18ClN. The first-order valence-electron chi connectivity index (χ1n) is 4.49. The molecule has 0 aromatic carbocycles.